The lowest BCUT2D eigenvalue weighted by Crippen LogP contribution is -2.05. The molecule has 1 aromatic heterocycles. The molecule has 0 bridgehead atoms. The number of nitrogens with zero attached hydrogens (tertiary/aromatic N) is 1. The van der Waals surface area contributed by atoms with Gasteiger partial charge in [-0.15, -0.1) is 0 Å². The second kappa shape index (κ2) is 3.48. The van der Waals surface area contributed by atoms with E-state index < -0.39 is 5.97 Å². The van der Waals surface area contributed by atoms with Gasteiger partial charge in [0.25, 0.3) is 0 Å². The lowest BCUT2D eigenvalue weighted by atomic mass is 10.1. The summed E-state index contributed by atoms with van der Waals surface area (Å²) in [6.45, 7) is 3.31. The largest absolute Gasteiger partial charge is 0.478 e. The van der Waals surface area contributed by atoms with Gasteiger partial charge in [0.15, 0.2) is 0 Å². The van der Waals surface area contributed by atoms with Crippen LogP contribution in [0.2, 0.25) is 0 Å². The van der Waals surface area contributed by atoms with Crippen molar-refractivity contribution >= 4 is 22.8 Å². The summed E-state index contributed by atoms with van der Waals surface area (Å²) in [4.78, 5) is 22.4. The average molecular weight is 217 g/mol. The standard InChI is InChI=1S/C12H11NO3/c1-7-3-4-10(12(15)16)9-5-6-13(8(2)14)11(7)9/h3-6H,1-2H3,(H,15,16). The van der Waals surface area contributed by atoms with E-state index >= 15 is 0 Å². The molecule has 82 valence electrons. The summed E-state index contributed by atoms with van der Waals surface area (Å²) in [6, 6.07) is 4.93. The Morgan fingerprint density at radius 2 is 1.94 bits per heavy atom. The molecular weight excluding hydrogens is 206 g/mol. The van der Waals surface area contributed by atoms with Crippen LogP contribution in [0.5, 0.6) is 0 Å². The van der Waals surface area contributed by atoms with Crippen molar-refractivity contribution in [3.05, 3.63) is 35.5 Å². The first-order chi connectivity index (χ1) is 7.52. The number of benzene rings is 1. The Hall–Kier alpha value is -2.10. The van der Waals surface area contributed by atoms with Crippen molar-refractivity contribution in [3.8, 4) is 0 Å². The highest BCUT2D eigenvalue weighted by Gasteiger charge is 2.14. The maximum atomic E-state index is 11.4. The SMILES string of the molecule is CC(=O)n1ccc2c(C(=O)O)ccc(C)c21. The third-order valence-electron chi connectivity index (χ3n) is 2.62. The number of hydrogen-bond acceptors (Lipinski definition) is 2. The summed E-state index contributed by atoms with van der Waals surface area (Å²) >= 11 is 0. The van der Waals surface area contributed by atoms with Crippen LogP contribution in [0.25, 0.3) is 10.9 Å². The molecule has 0 aliphatic heterocycles. The molecule has 1 N–H and O–H groups in total. The highest BCUT2D eigenvalue weighted by molar-refractivity contribution is 6.06. The number of carboxylic acids is 1. The zero-order valence-electron chi connectivity index (χ0n) is 9.02. The van der Waals surface area contributed by atoms with Gasteiger partial charge in [0.1, 0.15) is 0 Å². The number of rotatable bonds is 1. The molecule has 0 saturated heterocycles. The van der Waals surface area contributed by atoms with Crippen molar-refractivity contribution in [1.29, 1.82) is 0 Å². The molecule has 1 heterocycles. The van der Waals surface area contributed by atoms with Gasteiger partial charge in [0, 0.05) is 18.5 Å². The first kappa shape index (κ1) is 10.4. The first-order valence-electron chi connectivity index (χ1n) is 4.87. The number of aromatic carboxylic acids is 1. The number of carboxylic acid groups (broad SMARTS) is 1. The summed E-state index contributed by atoms with van der Waals surface area (Å²) in [5.74, 6) is -1.10. The smallest absolute Gasteiger partial charge is 0.336 e. The molecule has 0 aliphatic rings. The van der Waals surface area contributed by atoms with E-state index in [0.717, 1.165) is 5.56 Å². The molecule has 4 heteroatoms. The third kappa shape index (κ3) is 1.39. The van der Waals surface area contributed by atoms with E-state index in [1.54, 1.807) is 24.4 Å². The summed E-state index contributed by atoms with van der Waals surface area (Å²) in [5, 5.41) is 9.63. The second-order valence-electron chi connectivity index (χ2n) is 3.70. The summed E-state index contributed by atoms with van der Waals surface area (Å²) in [7, 11) is 0. The van der Waals surface area contributed by atoms with Crippen LogP contribution < -0.4 is 0 Å². The number of aromatic nitrogens is 1. The van der Waals surface area contributed by atoms with Crippen molar-refractivity contribution in [2.45, 2.75) is 13.8 Å². The zero-order chi connectivity index (χ0) is 11.9. The minimum Gasteiger partial charge on any atom is -0.478 e. The second-order valence-corrected chi connectivity index (χ2v) is 3.70. The third-order valence-corrected chi connectivity index (χ3v) is 2.62. The predicted molar refractivity (Wildman–Crippen MR) is 59.9 cm³/mol. The molecule has 0 amide bonds. The molecule has 0 radical (unpaired) electrons. The molecule has 4 nitrogen and oxygen atoms in total. The fourth-order valence-corrected chi connectivity index (χ4v) is 1.88. The van der Waals surface area contributed by atoms with E-state index in [9.17, 15) is 9.59 Å². The van der Waals surface area contributed by atoms with Crippen molar-refractivity contribution in [2.75, 3.05) is 0 Å². The fourth-order valence-electron chi connectivity index (χ4n) is 1.88. The quantitative estimate of drug-likeness (QED) is 0.797. The molecule has 0 fully saturated rings. The Kier molecular flexibility index (Phi) is 2.27. The van der Waals surface area contributed by atoms with E-state index in [4.69, 9.17) is 5.11 Å². The van der Waals surface area contributed by atoms with Gasteiger partial charge in [0.2, 0.25) is 5.91 Å². The normalized spacial score (nSPS) is 10.6. The maximum Gasteiger partial charge on any atom is 0.336 e. The number of fused-ring (bicyclic) bond motifs is 1. The van der Waals surface area contributed by atoms with E-state index in [1.807, 2.05) is 6.92 Å². The number of carbonyl (C=O) groups excluding carboxylic acids is 1. The lowest BCUT2D eigenvalue weighted by molar-refractivity contribution is 0.0698. The molecule has 0 saturated carbocycles. The van der Waals surface area contributed by atoms with Crippen LogP contribution >= 0.6 is 0 Å². The van der Waals surface area contributed by atoms with Crippen molar-refractivity contribution in [1.82, 2.24) is 4.57 Å². The highest BCUT2D eigenvalue weighted by Crippen LogP contribution is 2.23. The molecule has 1 aromatic carbocycles. The summed E-state index contributed by atoms with van der Waals surface area (Å²) < 4.78 is 1.47. The Bertz CT molecular complexity index is 596. The zero-order valence-corrected chi connectivity index (χ0v) is 9.02. The van der Waals surface area contributed by atoms with E-state index in [2.05, 4.69) is 0 Å². The van der Waals surface area contributed by atoms with Crippen LogP contribution in [-0.4, -0.2) is 21.6 Å². The molecule has 16 heavy (non-hydrogen) atoms. The topological polar surface area (TPSA) is 59.3 Å². The summed E-state index contributed by atoms with van der Waals surface area (Å²) in [6.07, 6.45) is 1.60. The minimum atomic E-state index is -0.980. The molecule has 0 atom stereocenters. The van der Waals surface area contributed by atoms with Gasteiger partial charge in [-0.05, 0) is 24.6 Å². The Balaban J connectivity index is 2.88. The van der Waals surface area contributed by atoms with Crippen LogP contribution in [0.1, 0.15) is 27.6 Å². The van der Waals surface area contributed by atoms with Crippen LogP contribution in [0, 0.1) is 6.92 Å². The van der Waals surface area contributed by atoms with Crippen LogP contribution in [0.15, 0.2) is 24.4 Å². The number of aryl methyl sites for hydroxylation is 1. The maximum absolute atomic E-state index is 11.4. The molecule has 0 spiro atoms. The van der Waals surface area contributed by atoms with Crippen LogP contribution in [0.4, 0.5) is 0 Å². The average Bonchev–Trinajstić information content (AvgIpc) is 2.62. The van der Waals surface area contributed by atoms with E-state index in [0.29, 0.717) is 10.9 Å². The van der Waals surface area contributed by atoms with Gasteiger partial charge in [-0.3, -0.25) is 9.36 Å². The molecule has 2 aromatic rings. The Morgan fingerprint density at radius 1 is 1.25 bits per heavy atom. The molecule has 0 unspecified atom stereocenters. The van der Waals surface area contributed by atoms with Gasteiger partial charge in [0.05, 0.1) is 11.1 Å². The minimum absolute atomic E-state index is 0.124. The Labute approximate surface area is 92.1 Å². The number of hydrogen-bond donors (Lipinski definition) is 1. The van der Waals surface area contributed by atoms with E-state index in [1.165, 1.54) is 11.5 Å². The fraction of sp³-hybridized carbons (Fsp3) is 0.167. The van der Waals surface area contributed by atoms with Gasteiger partial charge >= 0.3 is 5.97 Å². The van der Waals surface area contributed by atoms with Crippen molar-refractivity contribution < 1.29 is 14.7 Å². The van der Waals surface area contributed by atoms with Crippen molar-refractivity contribution in [2.24, 2.45) is 0 Å². The first-order valence-corrected chi connectivity index (χ1v) is 4.87. The van der Waals surface area contributed by atoms with Crippen molar-refractivity contribution in [3.63, 3.8) is 0 Å². The van der Waals surface area contributed by atoms with Gasteiger partial charge in [-0.2, -0.15) is 0 Å². The molecule has 0 aliphatic carbocycles. The van der Waals surface area contributed by atoms with Crippen LogP contribution in [0.3, 0.4) is 0 Å². The lowest BCUT2D eigenvalue weighted by Gasteiger charge is -2.04. The predicted octanol–water partition coefficient (Wildman–Crippen LogP) is 2.31. The van der Waals surface area contributed by atoms with Gasteiger partial charge in [-0.25, -0.2) is 4.79 Å². The van der Waals surface area contributed by atoms with Gasteiger partial charge < -0.3 is 5.11 Å². The van der Waals surface area contributed by atoms with Crippen LogP contribution in [-0.2, 0) is 0 Å². The number of carbonyl (C=O) groups is 2. The Morgan fingerprint density at radius 3 is 2.50 bits per heavy atom. The monoisotopic (exact) mass is 217 g/mol. The molecule has 2 rings (SSSR count). The highest BCUT2D eigenvalue weighted by atomic mass is 16.4. The van der Waals surface area contributed by atoms with E-state index in [-0.39, 0.29) is 11.5 Å². The molecular formula is C12H11NO3. The van der Waals surface area contributed by atoms with Gasteiger partial charge in [-0.1, -0.05) is 6.07 Å². The summed E-state index contributed by atoms with van der Waals surface area (Å²) in [5.41, 5.74) is 1.79.